The van der Waals surface area contributed by atoms with Crippen LogP contribution < -0.4 is 10.9 Å². The Morgan fingerprint density at radius 2 is 1.93 bits per heavy atom. The first-order valence-corrected chi connectivity index (χ1v) is 9.01. The number of carbonyl (C=O) groups excluding carboxylic acids is 1. The second-order valence-electron chi connectivity index (χ2n) is 6.42. The summed E-state index contributed by atoms with van der Waals surface area (Å²) in [5.41, 5.74) is 2.74. The summed E-state index contributed by atoms with van der Waals surface area (Å²) in [5, 5.41) is 7.99. The maximum atomic E-state index is 12.6. The smallest absolute Gasteiger partial charge is 0.257 e. The summed E-state index contributed by atoms with van der Waals surface area (Å²) in [6, 6.07) is 14.8. The third-order valence-corrected chi connectivity index (χ3v) is 4.50. The number of rotatable bonds is 5. The van der Waals surface area contributed by atoms with Gasteiger partial charge in [-0.1, -0.05) is 30.3 Å². The summed E-state index contributed by atoms with van der Waals surface area (Å²) < 4.78 is 3.34. The fourth-order valence-electron chi connectivity index (χ4n) is 3.02. The van der Waals surface area contributed by atoms with Crippen molar-refractivity contribution in [1.29, 1.82) is 0 Å². The van der Waals surface area contributed by atoms with Gasteiger partial charge in [0, 0.05) is 30.4 Å². The molecule has 1 amide bonds. The van der Waals surface area contributed by atoms with E-state index in [4.69, 9.17) is 0 Å². The van der Waals surface area contributed by atoms with E-state index in [1.807, 2.05) is 41.9 Å². The zero-order valence-corrected chi connectivity index (χ0v) is 15.4. The zero-order chi connectivity index (χ0) is 19.5. The highest BCUT2D eigenvalue weighted by molar-refractivity contribution is 6.05. The molecule has 0 unspecified atom stereocenters. The summed E-state index contributed by atoms with van der Waals surface area (Å²) in [5.74, 6) is -0.286. The molecule has 140 valence electrons. The molecule has 0 fully saturated rings. The van der Waals surface area contributed by atoms with Crippen LogP contribution in [0, 0.1) is 0 Å². The fraction of sp³-hybridized carbons (Fsp3) is 0.143. The Morgan fingerprint density at radius 3 is 2.71 bits per heavy atom. The standard InChI is InChI=1S/C21H19N5O2/c1-2-25-14-18(8-9-19(25)27)24-21(28)17-10-16-12-23-26(20(16)22-11-17)13-15-6-4-3-5-7-15/h3-12,14H,2,13H2,1H3,(H,24,28). The Labute approximate surface area is 161 Å². The zero-order valence-electron chi connectivity index (χ0n) is 15.4. The van der Waals surface area contributed by atoms with E-state index in [-0.39, 0.29) is 11.5 Å². The molecule has 0 saturated carbocycles. The fourth-order valence-corrected chi connectivity index (χ4v) is 3.02. The summed E-state index contributed by atoms with van der Waals surface area (Å²) in [7, 11) is 0. The number of hydrogen-bond donors (Lipinski definition) is 1. The topological polar surface area (TPSA) is 81.8 Å². The lowest BCUT2D eigenvalue weighted by molar-refractivity contribution is 0.102. The summed E-state index contributed by atoms with van der Waals surface area (Å²) in [4.78, 5) is 28.7. The Balaban J connectivity index is 1.56. The normalized spacial score (nSPS) is 10.9. The van der Waals surface area contributed by atoms with Gasteiger partial charge in [0.05, 0.1) is 24.0 Å². The molecule has 1 N–H and O–H groups in total. The number of nitrogens with zero attached hydrogens (tertiary/aromatic N) is 4. The number of aromatic nitrogens is 4. The monoisotopic (exact) mass is 373 g/mol. The predicted octanol–water partition coefficient (Wildman–Crippen LogP) is 2.91. The largest absolute Gasteiger partial charge is 0.321 e. The van der Waals surface area contributed by atoms with Gasteiger partial charge in [-0.2, -0.15) is 5.10 Å². The molecule has 0 spiro atoms. The second kappa shape index (κ2) is 7.48. The average molecular weight is 373 g/mol. The van der Waals surface area contributed by atoms with E-state index in [0.29, 0.717) is 24.3 Å². The number of carbonyl (C=O) groups is 1. The summed E-state index contributed by atoms with van der Waals surface area (Å²) >= 11 is 0. The van der Waals surface area contributed by atoms with Crippen molar-refractivity contribution in [2.45, 2.75) is 20.0 Å². The third-order valence-electron chi connectivity index (χ3n) is 4.50. The summed E-state index contributed by atoms with van der Waals surface area (Å²) in [6.45, 7) is 3.02. The van der Waals surface area contributed by atoms with Crippen LogP contribution in [0.3, 0.4) is 0 Å². The van der Waals surface area contributed by atoms with Crippen LogP contribution in [0.15, 0.2) is 71.9 Å². The van der Waals surface area contributed by atoms with E-state index in [2.05, 4.69) is 15.4 Å². The van der Waals surface area contributed by atoms with Crippen LogP contribution in [0.1, 0.15) is 22.8 Å². The molecular weight excluding hydrogens is 354 g/mol. The van der Waals surface area contributed by atoms with E-state index in [9.17, 15) is 9.59 Å². The first-order chi connectivity index (χ1) is 13.6. The molecule has 0 aliphatic heterocycles. The number of fused-ring (bicyclic) bond motifs is 1. The number of hydrogen-bond acceptors (Lipinski definition) is 4. The SMILES string of the molecule is CCn1cc(NC(=O)c2cnc3c(cnn3Cc3ccccc3)c2)ccc1=O. The minimum atomic E-state index is -0.286. The van der Waals surface area contributed by atoms with Crippen molar-refractivity contribution in [3.63, 3.8) is 0 Å². The molecule has 0 atom stereocenters. The Kier molecular flexibility index (Phi) is 4.72. The Morgan fingerprint density at radius 1 is 1.11 bits per heavy atom. The van der Waals surface area contributed by atoms with E-state index in [1.54, 1.807) is 24.5 Å². The van der Waals surface area contributed by atoms with Crippen LogP contribution in [0.25, 0.3) is 11.0 Å². The quantitative estimate of drug-likeness (QED) is 0.583. The minimum absolute atomic E-state index is 0.102. The minimum Gasteiger partial charge on any atom is -0.321 e. The van der Waals surface area contributed by atoms with Crippen molar-refractivity contribution in [2.24, 2.45) is 0 Å². The molecule has 3 heterocycles. The highest BCUT2D eigenvalue weighted by atomic mass is 16.1. The van der Waals surface area contributed by atoms with Crippen LogP contribution >= 0.6 is 0 Å². The number of pyridine rings is 2. The van der Waals surface area contributed by atoms with Gasteiger partial charge >= 0.3 is 0 Å². The average Bonchev–Trinajstić information content (AvgIpc) is 3.12. The first-order valence-electron chi connectivity index (χ1n) is 9.01. The number of anilines is 1. The van der Waals surface area contributed by atoms with Gasteiger partial charge in [-0.05, 0) is 24.6 Å². The number of benzene rings is 1. The number of amides is 1. The lowest BCUT2D eigenvalue weighted by Gasteiger charge is -2.08. The van der Waals surface area contributed by atoms with E-state index in [1.165, 1.54) is 16.8 Å². The van der Waals surface area contributed by atoms with Gasteiger partial charge < -0.3 is 9.88 Å². The molecule has 7 heteroatoms. The first kappa shape index (κ1) is 17.7. The molecule has 28 heavy (non-hydrogen) atoms. The van der Waals surface area contributed by atoms with Crippen molar-refractivity contribution in [2.75, 3.05) is 5.32 Å². The lowest BCUT2D eigenvalue weighted by atomic mass is 10.2. The van der Waals surface area contributed by atoms with Gasteiger partial charge in [-0.3, -0.25) is 9.59 Å². The van der Waals surface area contributed by atoms with Gasteiger partial charge in [-0.15, -0.1) is 0 Å². The molecule has 4 aromatic rings. The third kappa shape index (κ3) is 3.55. The Hall–Kier alpha value is -3.74. The summed E-state index contributed by atoms with van der Waals surface area (Å²) in [6.07, 6.45) is 4.88. The molecule has 0 bridgehead atoms. The van der Waals surface area contributed by atoms with Crippen LogP contribution in [0.5, 0.6) is 0 Å². The lowest BCUT2D eigenvalue weighted by Crippen LogP contribution is -2.19. The van der Waals surface area contributed by atoms with Crippen molar-refractivity contribution in [3.8, 4) is 0 Å². The maximum absolute atomic E-state index is 12.6. The highest BCUT2D eigenvalue weighted by Gasteiger charge is 2.11. The van der Waals surface area contributed by atoms with E-state index < -0.39 is 0 Å². The van der Waals surface area contributed by atoms with Gasteiger partial charge in [0.15, 0.2) is 5.65 Å². The molecule has 0 radical (unpaired) electrons. The van der Waals surface area contributed by atoms with Gasteiger partial charge in [0.25, 0.3) is 11.5 Å². The van der Waals surface area contributed by atoms with Crippen molar-refractivity contribution < 1.29 is 4.79 Å². The molecule has 4 rings (SSSR count). The molecule has 0 aliphatic rings. The van der Waals surface area contributed by atoms with Crippen molar-refractivity contribution in [3.05, 3.63) is 88.6 Å². The number of aryl methyl sites for hydroxylation is 1. The number of nitrogens with one attached hydrogen (secondary N) is 1. The molecule has 0 aliphatic carbocycles. The van der Waals surface area contributed by atoms with Crippen LogP contribution in [0.4, 0.5) is 5.69 Å². The van der Waals surface area contributed by atoms with E-state index >= 15 is 0 Å². The molecule has 3 aromatic heterocycles. The second-order valence-corrected chi connectivity index (χ2v) is 6.42. The van der Waals surface area contributed by atoms with Crippen LogP contribution in [0.2, 0.25) is 0 Å². The van der Waals surface area contributed by atoms with Crippen molar-refractivity contribution in [1.82, 2.24) is 19.3 Å². The molecule has 1 aromatic carbocycles. The van der Waals surface area contributed by atoms with E-state index in [0.717, 1.165) is 16.6 Å². The van der Waals surface area contributed by atoms with Gasteiger partial charge in [0.1, 0.15) is 0 Å². The molecular formula is C21H19N5O2. The Bertz CT molecular complexity index is 1190. The molecule has 7 nitrogen and oxygen atoms in total. The van der Waals surface area contributed by atoms with Crippen molar-refractivity contribution >= 4 is 22.6 Å². The van der Waals surface area contributed by atoms with Crippen LogP contribution in [-0.2, 0) is 13.1 Å². The van der Waals surface area contributed by atoms with Gasteiger partial charge in [-0.25, -0.2) is 9.67 Å². The van der Waals surface area contributed by atoms with Crippen LogP contribution in [-0.4, -0.2) is 25.2 Å². The maximum Gasteiger partial charge on any atom is 0.257 e. The van der Waals surface area contributed by atoms with Gasteiger partial charge in [0.2, 0.25) is 0 Å². The predicted molar refractivity (Wildman–Crippen MR) is 107 cm³/mol. The molecule has 0 saturated heterocycles. The highest BCUT2D eigenvalue weighted by Crippen LogP contribution is 2.16.